The van der Waals surface area contributed by atoms with Crippen molar-refractivity contribution >= 4 is 23.0 Å². The number of nitrogens with zero attached hydrogens (tertiary/aromatic N) is 1. The number of carbonyl (C=O) groups excluding carboxylic acids is 1. The van der Waals surface area contributed by atoms with Crippen molar-refractivity contribution in [3.8, 4) is 11.5 Å². The summed E-state index contributed by atoms with van der Waals surface area (Å²) in [6, 6.07) is 11.3. The lowest BCUT2D eigenvalue weighted by atomic mass is 10.2. The zero-order valence-corrected chi connectivity index (χ0v) is 15.1. The number of halogens is 2. The maximum atomic E-state index is 13.7. The van der Waals surface area contributed by atoms with Gasteiger partial charge >= 0.3 is 0 Å². The minimum atomic E-state index is -0.868. The lowest BCUT2D eigenvalue weighted by Gasteiger charge is -2.12. The Morgan fingerprint density at radius 2 is 1.68 bits per heavy atom. The van der Waals surface area contributed by atoms with Gasteiger partial charge in [0.15, 0.2) is 11.5 Å². The second-order valence-electron chi connectivity index (χ2n) is 5.70. The van der Waals surface area contributed by atoms with Crippen molar-refractivity contribution in [2.45, 2.75) is 0 Å². The molecule has 0 atom stereocenters. The van der Waals surface area contributed by atoms with Crippen LogP contribution < -0.4 is 20.1 Å². The molecule has 0 radical (unpaired) electrons. The number of nitrogens with one attached hydrogen (secondary N) is 2. The van der Waals surface area contributed by atoms with Crippen LogP contribution in [0.25, 0.3) is 0 Å². The van der Waals surface area contributed by atoms with E-state index in [0.29, 0.717) is 28.9 Å². The van der Waals surface area contributed by atoms with Crippen LogP contribution in [0.3, 0.4) is 0 Å². The average molecular weight is 385 g/mol. The monoisotopic (exact) mass is 385 g/mol. The molecule has 1 amide bonds. The Labute approximate surface area is 160 Å². The van der Waals surface area contributed by atoms with Gasteiger partial charge in [-0.25, -0.2) is 8.78 Å². The number of benzene rings is 2. The predicted octanol–water partition coefficient (Wildman–Crippen LogP) is 4.37. The number of carbonyl (C=O) groups is 1. The summed E-state index contributed by atoms with van der Waals surface area (Å²) >= 11 is 0. The number of rotatable bonds is 6. The second-order valence-corrected chi connectivity index (χ2v) is 5.70. The van der Waals surface area contributed by atoms with Crippen molar-refractivity contribution in [1.29, 1.82) is 0 Å². The van der Waals surface area contributed by atoms with E-state index in [4.69, 9.17) is 9.47 Å². The topological polar surface area (TPSA) is 72.5 Å². The molecule has 1 aromatic heterocycles. The minimum Gasteiger partial charge on any atom is -0.493 e. The molecule has 0 unspecified atom stereocenters. The molecule has 144 valence electrons. The highest BCUT2D eigenvalue weighted by Gasteiger charge is 2.12. The second kappa shape index (κ2) is 8.34. The number of hydrogen-bond acceptors (Lipinski definition) is 5. The third-order valence-electron chi connectivity index (χ3n) is 3.84. The van der Waals surface area contributed by atoms with E-state index in [2.05, 4.69) is 15.6 Å². The summed E-state index contributed by atoms with van der Waals surface area (Å²) in [6.45, 7) is 0. The Morgan fingerprint density at radius 1 is 0.929 bits per heavy atom. The van der Waals surface area contributed by atoms with Crippen molar-refractivity contribution < 1.29 is 23.0 Å². The van der Waals surface area contributed by atoms with Crippen LogP contribution in [0, 0.1) is 11.6 Å². The number of amides is 1. The maximum Gasteiger partial charge on any atom is 0.274 e. The Bertz CT molecular complexity index is 1010. The van der Waals surface area contributed by atoms with Gasteiger partial charge in [0.2, 0.25) is 0 Å². The van der Waals surface area contributed by atoms with Crippen LogP contribution in [0.1, 0.15) is 10.5 Å². The molecular formula is C20H17F2N3O3. The first-order valence-corrected chi connectivity index (χ1v) is 8.21. The molecule has 0 aliphatic carbocycles. The summed E-state index contributed by atoms with van der Waals surface area (Å²) < 4.78 is 37.2. The van der Waals surface area contributed by atoms with E-state index < -0.39 is 17.5 Å². The van der Waals surface area contributed by atoms with Gasteiger partial charge in [-0.15, -0.1) is 0 Å². The highest BCUT2D eigenvalue weighted by Crippen LogP contribution is 2.31. The summed E-state index contributed by atoms with van der Waals surface area (Å²) in [6.07, 6.45) is 1.44. The maximum absolute atomic E-state index is 13.7. The van der Waals surface area contributed by atoms with E-state index in [1.807, 2.05) is 0 Å². The molecule has 0 fully saturated rings. The highest BCUT2D eigenvalue weighted by molar-refractivity contribution is 6.03. The summed E-state index contributed by atoms with van der Waals surface area (Å²) in [5.74, 6) is -1.08. The van der Waals surface area contributed by atoms with Crippen molar-refractivity contribution in [2.24, 2.45) is 0 Å². The number of ether oxygens (including phenoxy) is 2. The number of anilines is 3. The van der Waals surface area contributed by atoms with Crippen molar-refractivity contribution in [3.63, 3.8) is 0 Å². The number of pyridine rings is 1. The third-order valence-corrected chi connectivity index (χ3v) is 3.84. The molecule has 0 aliphatic rings. The van der Waals surface area contributed by atoms with Crippen LogP contribution in [0.5, 0.6) is 11.5 Å². The Hall–Kier alpha value is -3.68. The Balaban J connectivity index is 1.77. The fraction of sp³-hybridized carbons (Fsp3) is 0.100. The van der Waals surface area contributed by atoms with Gasteiger partial charge in [0, 0.05) is 29.7 Å². The molecule has 0 aliphatic heterocycles. The van der Waals surface area contributed by atoms with Gasteiger partial charge in [0.05, 0.1) is 19.9 Å². The van der Waals surface area contributed by atoms with Crippen molar-refractivity contribution in [1.82, 2.24) is 4.98 Å². The highest BCUT2D eigenvalue weighted by atomic mass is 19.1. The molecule has 0 saturated heterocycles. The summed E-state index contributed by atoms with van der Waals surface area (Å²) in [7, 11) is 3.08. The summed E-state index contributed by atoms with van der Waals surface area (Å²) in [4.78, 5) is 16.3. The average Bonchev–Trinajstić information content (AvgIpc) is 2.70. The first kappa shape index (κ1) is 19.1. The minimum absolute atomic E-state index is 0.0641. The van der Waals surface area contributed by atoms with Gasteiger partial charge in [-0.3, -0.25) is 9.78 Å². The van der Waals surface area contributed by atoms with E-state index in [-0.39, 0.29) is 11.4 Å². The van der Waals surface area contributed by atoms with Crippen LogP contribution >= 0.6 is 0 Å². The van der Waals surface area contributed by atoms with Crippen molar-refractivity contribution in [3.05, 3.63) is 72.1 Å². The van der Waals surface area contributed by atoms with E-state index in [9.17, 15) is 13.6 Å². The van der Waals surface area contributed by atoms with Gasteiger partial charge in [0.25, 0.3) is 5.91 Å². The van der Waals surface area contributed by atoms with E-state index in [0.717, 1.165) is 12.1 Å². The third kappa shape index (κ3) is 4.35. The van der Waals surface area contributed by atoms with Crippen LogP contribution in [0.4, 0.5) is 25.8 Å². The molecule has 3 aromatic rings. The van der Waals surface area contributed by atoms with Gasteiger partial charge < -0.3 is 20.1 Å². The lowest BCUT2D eigenvalue weighted by molar-refractivity contribution is 0.102. The van der Waals surface area contributed by atoms with Crippen LogP contribution in [-0.4, -0.2) is 25.1 Å². The molecule has 28 heavy (non-hydrogen) atoms. The number of hydrogen-bond donors (Lipinski definition) is 2. The standard InChI is InChI=1S/C20H17F2N3O3/c1-27-18-6-4-13(11-19(18)28-2)24-14-7-8-23-17(10-14)20(26)25-16-5-3-12(21)9-15(16)22/h3-11H,1-2H3,(H,23,24)(H,25,26). The molecule has 2 aromatic carbocycles. The molecule has 3 rings (SSSR count). The SMILES string of the molecule is COc1ccc(Nc2ccnc(C(=O)Nc3ccc(F)cc3F)c2)cc1OC. The van der Waals surface area contributed by atoms with E-state index in [1.165, 1.54) is 19.4 Å². The predicted molar refractivity (Wildman–Crippen MR) is 101 cm³/mol. The van der Waals surface area contributed by atoms with E-state index in [1.54, 1.807) is 31.4 Å². The first-order chi connectivity index (χ1) is 13.5. The van der Waals surface area contributed by atoms with E-state index >= 15 is 0 Å². The first-order valence-electron chi connectivity index (χ1n) is 8.21. The van der Waals surface area contributed by atoms with Crippen LogP contribution in [0.15, 0.2) is 54.7 Å². The molecule has 0 saturated carbocycles. The van der Waals surface area contributed by atoms with Gasteiger partial charge in [0.1, 0.15) is 17.3 Å². The molecule has 2 N–H and O–H groups in total. The number of aromatic nitrogens is 1. The largest absolute Gasteiger partial charge is 0.493 e. The van der Waals surface area contributed by atoms with Gasteiger partial charge in [-0.2, -0.15) is 0 Å². The van der Waals surface area contributed by atoms with Gasteiger partial charge in [-0.1, -0.05) is 0 Å². The van der Waals surface area contributed by atoms with Gasteiger partial charge in [-0.05, 0) is 36.4 Å². The molecular weight excluding hydrogens is 368 g/mol. The zero-order chi connectivity index (χ0) is 20.1. The molecule has 8 heteroatoms. The molecule has 1 heterocycles. The fourth-order valence-corrected chi connectivity index (χ4v) is 2.49. The van der Waals surface area contributed by atoms with Crippen molar-refractivity contribution in [2.75, 3.05) is 24.9 Å². The fourth-order valence-electron chi connectivity index (χ4n) is 2.49. The Kier molecular flexibility index (Phi) is 5.69. The van der Waals surface area contributed by atoms with Crippen LogP contribution in [-0.2, 0) is 0 Å². The molecule has 6 nitrogen and oxygen atoms in total. The molecule has 0 spiro atoms. The van der Waals surface area contributed by atoms with Crippen LogP contribution in [0.2, 0.25) is 0 Å². The summed E-state index contributed by atoms with van der Waals surface area (Å²) in [5.41, 5.74) is 1.23. The summed E-state index contributed by atoms with van der Waals surface area (Å²) in [5, 5.41) is 5.50. The lowest BCUT2D eigenvalue weighted by Crippen LogP contribution is -2.15. The Morgan fingerprint density at radius 3 is 2.39 bits per heavy atom. The molecule has 0 bridgehead atoms. The number of methoxy groups -OCH3 is 2. The normalized spacial score (nSPS) is 10.3. The smallest absolute Gasteiger partial charge is 0.274 e. The zero-order valence-electron chi connectivity index (χ0n) is 15.1. The quantitative estimate of drug-likeness (QED) is 0.659.